The first-order chi connectivity index (χ1) is 9.66. The molecule has 0 unspecified atom stereocenters. The maximum Gasteiger partial charge on any atom is 0.277 e. The topological polar surface area (TPSA) is 136 Å². The van der Waals surface area contributed by atoms with E-state index in [-0.39, 0.29) is 16.5 Å². The van der Waals surface area contributed by atoms with Crippen LogP contribution in [-0.2, 0) is 27.1 Å². The predicted molar refractivity (Wildman–Crippen MR) is 74.5 cm³/mol. The Morgan fingerprint density at radius 3 is 2.14 bits per heavy atom. The Bertz CT molecular complexity index is 841. The highest BCUT2D eigenvalue weighted by molar-refractivity contribution is 7.92. The average molecular weight is 332 g/mol. The van der Waals surface area contributed by atoms with Gasteiger partial charge in [0.2, 0.25) is 10.0 Å². The standard InChI is InChI=1S/C9H12N6O4S2/c1-15-11-9(10-14-15)13-21(18,19)8-5-3-7(4-6-8)12-20(2,16)17/h3-6,12H,1-2H3,(H,11,13). The SMILES string of the molecule is Cn1nnc(NS(=O)(=O)c2ccc(NS(C)(=O)=O)cc2)n1. The van der Waals surface area contributed by atoms with Gasteiger partial charge in [0, 0.05) is 5.69 Å². The summed E-state index contributed by atoms with van der Waals surface area (Å²) < 4.78 is 50.6. The van der Waals surface area contributed by atoms with Gasteiger partial charge < -0.3 is 0 Å². The number of aromatic nitrogens is 4. The Morgan fingerprint density at radius 1 is 1.05 bits per heavy atom. The van der Waals surface area contributed by atoms with E-state index in [2.05, 4.69) is 24.9 Å². The molecule has 0 spiro atoms. The molecule has 2 N–H and O–H groups in total. The van der Waals surface area contributed by atoms with Crippen LogP contribution in [0.15, 0.2) is 29.2 Å². The molecule has 1 aromatic heterocycles. The van der Waals surface area contributed by atoms with Crippen molar-refractivity contribution < 1.29 is 16.8 Å². The van der Waals surface area contributed by atoms with Gasteiger partial charge in [-0.2, -0.15) is 4.80 Å². The molecule has 0 fully saturated rings. The summed E-state index contributed by atoms with van der Waals surface area (Å²) in [5, 5.41) is 10.7. The molecule has 0 aliphatic rings. The predicted octanol–water partition coefficient (Wildman–Crippen LogP) is -0.618. The molecule has 0 bridgehead atoms. The van der Waals surface area contributed by atoms with Gasteiger partial charge in [-0.3, -0.25) is 4.72 Å². The Morgan fingerprint density at radius 2 is 1.67 bits per heavy atom. The fourth-order valence-electron chi connectivity index (χ4n) is 1.42. The van der Waals surface area contributed by atoms with Crippen molar-refractivity contribution in [2.75, 3.05) is 15.7 Å². The van der Waals surface area contributed by atoms with Crippen LogP contribution in [0.3, 0.4) is 0 Å². The number of benzene rings is 1. The average Bonchev–Trinajstić information content (AvgIpc) is 2.72. The lowest BCUT2D eigenvalue weighted by molar-refractivity contribution is 0.600. The molecule has 1 aromatic carbocycles. The van der Waals surface area contributed by atoms with E-state index in [0.717, 1.165) is 11.1 Å². The molecule has 21 heavy (non-hydrogen) atoms. The van der Waals surface area contributed by atoms with Gasteiger partial charge in [0.05, 0.1) is 18.2 Å². The van der Waals surface area contributed by atoms with Crippen molar-refractivity contribution in [1.29, 1.82) is 0 Å². The molecule has 12 heteroatoms. The monoisotopic (exact) mass is 332 g/mol. The van der Waals surface area contributed by atoms with Crippen LogP contribution in [0.5, 0.6) is 0 Å². The van der Waals surface area contributed by atoms with Crippen LogP contribution in [0, 0.1) is 0 Å². The smallest absolute Gasteiger partial charge is 0.277 e. The van der Waals surface area contributed by atoms with Crippen LogP contribution in [0.1, 0.15) is 0 Å². The second-order valence-electron chi connectivity index (χ2n) is 4.11. The zero-order valence-electron chi connectivity index (χ0n) is 11.0. The van der Waals surface area contributed by atoms with Gasteiger partial charge in [0.15, 0.2) is 0 Å². The molecular formula is C9H12N6O4S2. The van der Waals surface area contributed by atoms with Gasteiger partial charge in [-0.25, -0.2) is 21.6 Å². The van der Waals surface area contributed by atoms with Gasteiger partial charge in [0.1, 0.15) is 0 Å². The summed E-state index contributed by atoms with van der Waals surface area (Å²) in [5.74, 6) is -0.157. The lowest BCUT2D eigenvalue weighted by Crippen LogP contribution is -2.14. The summed E-state index contributed by atoms with van der Waals surface area (Å²) in [6.07, 6.45) is 0.999. The van der Waals surface area contributed by atoms with Gasteiger partial charge in [-0.1, -0.05) is 5.10 Å². The van der Waals surface area contributed by atoms with Gasteiger partial charge in [0.25, 0.3) is 16.0 Å². The van der Waals surface area contributed by atoms with Crippen molar-refractivity contribution in [3.63, 3.8) is 0 Å². The number of hydrogen-bond acceptors (Lipinski definition) is 7. The third-order valence-electron chi connectivity index (χ3n) is 2.20. The Hall–Kier alpha value is -2.21. The van der Waals surface area contributed by atoms with Crippen LogP contribution >= 0.6 is 0 Å². The second-order valence-corrected chi connectivity index (χ2v) is 7.54. The van der Waals surface area contributed by atoms with Crippen molar-refractivity contribution in [3.8, 4) is 0 Å². The number of aryl methyl sites for hydroxylation is 1. The van der Waals surface area contributed by atoms with Gasteiger partial charge >= 0.3 is 0 Å². The van der Waals surface area contributed by atoms with Crippen LogP contribution in [0.2, 0.25) is 0 Å². The number of nitrogens with zero attached hydrogens (tertiary/aromatic N) is 4. The third-order valence-corrected chi connectivity index (χ3v) is 4.15. The van der Waals surface area contributed by atoms with Crippen LogP contribution < -0.4 is 9.44 Å². The number of anilines is 2. The summed E-state index contributed by atoms with van der Waals surface area (Å²) in [4.78, 5) is 1.05. The lowest BCUT2D eigenvalue weighted by atomic mass is 10.3. The lowest BCUT2D eigenvalue weighted by Gasteiger charge is -2.06. The molecule has 1 heterocycles. The second kappa shape index (κ2) is 5.29. The first kappa shape index (κ1) is 15.2. The quantitative estimate of drug-likeness (QED) is 0.744. The highest BCUT2D eigenvalue weighted by Crippen LogP contribution is 2.16. The van der Waals surface area contributed by atoms with E-state index in [1.165, 1.54) is 31.3 Å². The van der Waals surface area contributed by atoms with E-state index in [1.807, 2.05) is 0 Å². The van der Waals surface area contributed by atoms with E-state index >= 15 is 0 Å². The van der Waals surface area contributed by atoms with E-state index in [4.69, 9.17) is 0 Å². The van der Waals surface area contributed by atoms with E-state index < -0.39 is 20.0 Å². The largest absolute Gasteiger partial charge is 0.284 e. The highest BCUT2D eigenvalue weighted by Gasteiger charge is 2.16. The molecule has 0 atom stereocenters. The molecule has 10 nitrogen and oxygen atoms in total. The van der Waals surface area contributed by atoms with Crippen LogP contribution in [0.4, 0.5) is 11.6 Å². The summed E-state index contributed by atoms with van der Waals surface area (Å²) >= 11 is 0. The molecule has 2 aromatic rings. The fourth-order valence-corrected chi connectivity index (χ4v) is 2.92. The Balaban J connectivity index is 2.21. The number of nitrogens with one attached hydrogen (secondary N) is 2. The van der Waals surface area contributed by atoms with Crippen molar-refractivity contribution in [2.24, 2.45) is 7.05 Å². The summed E-state index contributed by atoms with van der Waals surface area (Å²) in [6, 6.07) is 5.18. The van der Waals surface area contributed by atoms with Gasteiger partial charge in [-0.15, -0.1) is 5.10 Å². The van der Waals surface area contributed by atoms with Crippen LogP contribution in [0.25, 0.3) is 0 Å². The summed E-state index contributed by atoms with van der Waals surface area (Å²) in [5.41, 5.74) is 0.258. The maximum absolute atomic E-state index is 12.0. The Kier molecular flexibility index (Phi) is 3.82. The molecule has 0 aliphatic carbocycles. The van der Waals surface area contributed by atoms with Crippen LogP contribution in [-0.4, -0.2) is 43.3 Å². The first-order valence-electron chi connectivity index (χ1n) is 5.50. The summed E-state index contributed by atoms with van der Waals surface area (Å²) in [7, 11) is -5.79. The van der Waals surface area contributed by atoms with Crippen molar-refractivity contribution in [3.05, 3.63) is 24.3 Å². The molecule has 2 rings (SSSR count). The zero-order valence-corrected chi connectivity index (χ0v) is 12.7. The van der Waals surface area contributed by atoms with Crippen molar-refractivity contribution in [1.82, 2.24) is 20.2 Å². The zero-order chi connectivity index (χ0) is 15.7. The fraction of sp³-hybridized carbons (Fsp3) is 0.222. The summed E-state index contributed by atoms with van der Waals surface area (Å²) in [6.45, 7) is 0. The minimum Gasteiger partial charge on any atom is -0.284 e. The first-order valence-corrected chi connectivity index (χ1v) is 8.88. The molecule has 0 saturated carbocycles. The van der Waals surface area contributed by atoms with E-state index in [1.54, 1.807) is 0 Å². The van der Waals surface area contributed by atoms with Crippen molar-refractivity contribution in [2.45, 2.75) is 4.90 Å². The minimum atomic E-state index is -3.87. The number of rotatable bonds is 5. The number of sulfonamides is 2. The molecular weight excluding hydrogens is 320 g/mol. The minimum absolute atomic E-state index is 0.0611. The maximum atomic E-state index is 12.0. The Labute approximate surface area is 121 Å². The normalized spacial score (nSPS) is 12.1. The highest BCUT2D eigenvalue weighted by atomic mass is 32.2. The molecule has 0 aliphatic heterocycles. The van der Waals surface area contributed by atoms with E-state index in [0.29, 0.717) is 0 Å². The third kappa shape index (κ3) is 4.13. The van der Waals surface area contributed by atoms with Crippen molar-refractivity contribution >= 4 is 31.7 Å². The molecule has 0 radical (unpaired) electrons. The van der Waals surface area contributed by atoms with Gasteiger partial charge in [-0.05, 0) is 29.5 Å². The van der Waals surface area contributed by atoms with E-state index in [9.17, 15) is 16.8 Å². The number of hydrogen-bond donors (Lipinski definition) is 2. The molecule has 0 saturated heterocycles. The molecule has 0 amide bonds. The molecule has 114 valence electrons. The number of tetrazole rings is 1.